The predicted octanol–water partition coefficient (Wildman–Crippen LogP) is 3.86. The average Bonchev–Trinajstić information content (AvgIpc) is 2.23. The number of rotatable bonds is 5. The molecule has 5 heteroatoms. The summed E-state index contributed by atoms with van der Waals surface area (Å²) in [6.45, 7) is 4.11. The molecule has 0 heterocycles. The molecule has 1 aromatic rings. The van der Waals surface area contributed by atoms with Crippen LogP contribution in [0, 0.1) is 0 Å². The van der Waals surface area contributed by atoms with Crippen LogP contribution in [0.25, 0.3) is 0 Å². The highest BCUT2D eigenvalue weighted by Crippen LogP contribution is 2.26. The van der Waals surface area contributed by atoms with Crippen LogP contribution >= 0.6 is 27.5 Å². The Balaban J connectivity index is 2.58. The lowest BCUT2D eigenvalue weighted by molar-refractivity contribution is -0.143. The summed E-state index contributed by atoms with van der Waals surface area (Å²) < 4.78 is 5.82. The summed E-state index contributed by atoms with van der Waals surface area (Å²) in [5, 5.41) is 3.81. The van der Waals surface area contributed by atoms with Gasteiger partial charge in [-0.3, -0.25) is 4.79 Å². The second-order valence-electron chi connectivity index (χ2n) is 3.68. The van der Waals surface area contributed by atoms with Gasteiger partial charge in [0.2, 0.25) is 0 Å². The Morgan fingerprint density at radius 1 is 1.59 bits per heavy atom. The summed E-state index contributed by atoms with van der Waals surface area (Å²) in [4.78, 5) is 11.3. The number of carbonyl (C=O) groups is 1. The van der Waals surface area contributed by atoms with Gasteiger partial charge in [-0.1, -0.05) is 27.5 Å². The smallest absolute Gasteiger partial charge is 0.307 e. The number of benzene rings is 1. The Bertz CT molecular complexity index is 398. The van der Waals surface area contributed by atoms with Crippen molar-refractivity contribution in [2.75, 3.05) is 11.9 Å². The molecular formula is C12H15BrClNO2. The van der Waals surface area contributed by atoms with Crippen LogP contribution in [-0.4, -0.2) is 18.6 Å². The normalized spacial score (nSPS) is 12.0. The van der Waals surface area contributed by atoms with Gasteiger partial charge in [0.25, 0.3) is 0 Å². The molecule has 3 nitrogen and oxygen atoms in total. The van der Waals surface area contributed by atoms with E-state index in [2.05, 4.69) is 21.2 Å². The van der Waals surface area contributed by atoms with E-state index in [0.717, 1.165) is 10.2 Å². The molecule has 0 saturated carbocycles. The molecular weight excluding hydrogens is 305 g/mol. The van der Waals surface area contributed by atoms with Crippen LogP contribution in [0.2, 0.25) is 5.02 Å². The fourth-order valence-corrected chi connectivity index (χ4v) is 1.93. The van der Waals surface area contributed by atoms with Crippen LogP contribution in [0.3, 0.4) is 0 Å². The highest BCUT2D eigenvalue weighted by molar-refractivity contribution is 9.10. The molecule has 0 amide bonds. The van der Waals surface area contributed by atoms with Crippen molar-refractivity contribution < 1.29 is 9.53 Å². The number of nitrogens with one attached hydrogen (secondary N) is 1. The second kappa shape index (κ2) is 6.87. The third-order valence-corrected chi connectivity index (χ3v) is 2.93. The van der Waals surface area contributed by atoms with Gasteiger partial charge in [-0.15, -0.1) is 0 Å². The van der Waals surface area contributed by atoms with Crippen molar-refractivity contribution in [3.8, 4) is 0 Å². The Kier molecular flexibility index (Phi) is 5.78. The first-order valence-corrected chi connectivity index (χ1v) is 6.57. The molecule has 1 N–H and O–H groups in total. The Morgan fingerprint density at radius 3 is 2.94 bits per heavy atom. The number of ether oxygens (including phenoxy) is 1. The standard InChI is InChI=1S/C12H15BrClNO2/c1-3-17-12(16)6-8(2)15-11-7-9(13)4-5-10(11)14/h4-5,7-8,15H,3,6H2,1-2H3. The van der Waals surface area contributed by atoms with Crippen molar-refractivity contribution in [3.63, 3.8) is 0 Å². The molecule has 0 aliphatic carbocycles. The minimum atomic E-state index is -0.210. The van der Waals surface area contributed by atoms with Gasteiger partial charge in [0, 0.05) is 10.5 Å². The lowest BCUT2D eigenvalue weighted by Crippen LogP contribution is -2.21. The van der Waals surface area contributed by atoms with Gasteiger partial charge in [0.1, 0.15) is 0 Å². The zero-order valence-corrected chi connectivity index (χ0v) is 12.1. The largest absolute Gasteiger partial charge is 0.466 e. The van der Waals surface area contributed by atoms with Gasteiger partial charge in [-0.05, 0) is 32.0 Å². The fourth-order valence-electron chi connectivity index (χ4n) is 1.39. The van der Waals surface area contributed by atoms with E-state index in [-0.39, 0.29) is 12.0 Å². The van der Waals surface area contributed by atoms with E-state index < -0.39 is 0 Å². The molecule has 0 aromatic heterocycles. The van der Waals surface area contributed by atoms with Gasteiger partial charge in [-0.25, -0.2) is 0 Å². The first kappa shape index (κ1) is 14.3. The zero-order valence-electron chi connectivity index (χ0n) is 9.80. The molecule has 0 spiro atoms. The number of hydrogen-bond donors (Lipinski definition) is 1. The molecule has 1 rings (SSSR count). The van der Waals surface area contributed by atoms with E-state index in [1.807, 2.05) is 19.1 Å². The van der Waals surface area contributed by atoms with Gasteiger partial charge < -0.3 is 10.1 Å². The lowest BCUT2D eigenvalue weighted by atomic mass is 10.2. The highest BCUT2D eigenvalue weighted by atomic mass is 79.9. The molecule has 0 fully saturated rings. The van der Waals surface area contributed by atoms with E-state index in [9.17, 15) is 4.79 Å². The molecule has 17 heavy (non-hydrogen) atoms. The van der Waals surface area contributed by atoms with Crippen LogP contribution in [0.15, 0.2) is 22.7 Å². The fraction of sp³-hybridized carbons (Fsp3) is 0.417. The van der Waals surface area contributed by atoms with Crippen molar-refractivity contribution in [2.24, 2.45) is 0 Å². The van der Waals surface area contributed by atoms with E-state index in [1.165, 1.54) is 0 Å². The molecule has 1 aromatic carbocycles. The van der Waals surface area contributed by atoms with E-state index in [4.69, 9.17) is 16.3 Å². The molecule has 0 radical (unpaired) electrons. The van der Waals surface area contributed by atoms with Gasteiger partial charge in [-0.2, -0.15) is 0 Å². The third kappa shape index (κ3) is 4.96. The molecule has 0 bridgehead atoms. The Hall–Kier alpha value is -0.740. The summed E-state index contributed by atoms with van der Waals surface area (Å²) in [7, 11) is 0. The SMILES string of the molecule is CCOC(=O)CC(C)Nc1cc(Br)ccc1Cl. The van der Waals surface area contributed by atoms with Crippen molar-refractivity contribution in [1.29, 1.82) is 0 Å². The van der Waals surface area contributed by atoms with Crippen LogP contribution in [0.5, 0.6) is 0 Å². The van der Waals surface area contributed by atoms with Gasteiger partial charge in [0.15, 0.2) is 0 Å². The van der Waals surface area contributed by atoms with Crippen molar-refractivity contribution in [1.82, 2.24) is 0 Å². The number of esters is 1. The van der Waals surface area contributed by atoms with Gasteiger partial charge in [0.05, 0.1) is 23.7 Å². The number of anilines is 1. The molecule has 1 atom stereocenters. The monoisotopic (exact) mass is 319 g/mol. The average molecular weight is 321 g/mol. The molecule has 0 aliphatic heterocycles. The zero-order chi connectivity index (χ0) is 12.8. The molecule has 0 aliphatic rings. The molecule has 0 saturated heterocycles. The quantitative estimate of drug-likeness (QED) is 0.837. The summed E-state index contributed by atoms with van der Waals surface area (Å²) in [5.41, 5.74) is 0.804. The molecule has 1 unspecified atom stereocenters. The maximum absolute atomic E-state index is 11.3. The van der Waals surface area contributed by atoms with Crippen LogP contribution in [0.1, 0.15) is 20.3 Å². The highest BCUT2D eigenvalue weighted by Gasteiger charge is 2.11. The van der Waals surface area contributed by atoms with Crippen molar-refractivity contribution >= 4 is 39.2 Å². The van der Waals surface area contributed by atoms with E-state index in [1.54, 1.807) is 13.0 Å². The topological polar surface area (TPSA) is 38.3 Å². The maximum atomic E-state index is 11.3. The minimum absolute atomic E-state index is 0.0270. The minimum Gasteiger partial charge on any atom is -0.466 e. The second-order valence-corrected chi connectivity index (χ2v) is 5.00. The maximum Gasteiger partial charge on any atom is 0.307 e. The van der Waals surface area contributed by atoms with Crippen molar-refractivity contribution in [2.45, 2.75) is 26.3 Å². The van der Waals surface area contributed by atoms with E-state index >= 15 is 0 Å². The van der Waals surface area contributed by atoms with Gasteiger partial charge >= 0.3 is 5.97 Å². The number of halogens is 2. The summed E-state index contributed by atoms with van der Waals surface area (Å²) in [6, 6.07) is 5.51. The number of carbonyl (C=O) groups excluding carboxylic acids is 1. The first-order valence-electron chi connectivity index (χ1n) is 5.40. The summed E-state index contributed by atoms with van der Waals surface area (Å²) in [5.74, 6) is -0.210. The van der Waals surface area contributed by atoms with Crippen LogP contribution in [-0.2, 0) is 9.53 Å². The lowest BCUT2D eigenvalue weighted by Gasteiger charge is -2.15. The van der Waals surface area contributed by atoms with Crippen LogP contribution < -0.4 is 5.32 Å². The van der Waals surface area contributed by atoms with Crippen molar-refractivity contribution in [3.05, 3.63) is 27.7 Å². The van der Waals surface area contributed by atoms with E-state index in [0.29, 0.717) is 18.1 Å². The predicted molar refractivity (Wildman–Crippen MR) is 73.5 cm³/mol. The summed E-state index contributed by atoms with van der Waals surface area (Å²) in [6.07, 6.45) is 0.316. The molecule has 94 valence electrons. The summed E-state index contributed by atoms with van der Waals surface area (Å²) >= 11 is 9.41. The van der Waals surface area contributed by atoms with Crippen LogP contribution in [0.4, 0.5) is 5.69 Å². The third-order valence-electron chi connectivity index (χ3n) is 2.11. The number of hydrogen-bond acceptors (Lipinski definition) is 3. The Labute approximate surface area is 115 Å². The first-order chi connectivity index (χ1) is 8.02. The Morgan fingerprint density at radius 2 is 2.29 bits per heavy atom.